The lowest BCUT2D eigenvalue weighted by atomic mass is 9.69. The van der Waals surface area contributed by atoms with Crippen LogP contribution in [-0.2, 0) is 6.42 Å². The van der Waals surface area contributed by atoms with E-state index in [0.29, 0.717) is 0 Å². The lowest BCUT2D eigenvalue weighted by Crippen LogP contribution is -2.52. The Kier molecular flexibility index (Phi) is 5.12. The maximum Gasteiger partial charge on any atom is 0.118 e. The Labute approximate surface area is 147 Å². The molecule has 2 aliphatic carbocycles. The Hall–Kier alpha value is -1.02. The van der Waals surface area contributed by atoms with Crippen LogP contribution in [-0.4, -0.2) is 31.1 Å². The topological polar surface area (TPSA) is 12.5 Å². The van der Waals surface area contributed by atoms with Gasteiger partial charge in [-0.25, -0.2) is 0 Å². The van der Waals surface area contributed by atoms with Crippen LogP contribution in [0.5, 0.6) is 5.75 Å². The van der Waals surface area contributed by atoms with E-state index in [0.717, 1.165) is 29.5 Å². The van der Waals surface area contributed by atoms with Crippen molar-refractivity contribution in [2.45, 2.75) is 63.8 Å². The van der Waals surface area contributed by atoms with E-state index in [1.165, 1.54) is 76.4 Å². The van der Waals surface area contributed by atoms with Crippen molar-refractivity contribution in [3.63, 3.8) is 0 Å². The van der Waals surface area contributed by atoms with Gasteiger partial charge in [0.05, 0.1) is 7.11 Å². The molecule has 3 aliphatic rings. The molecule has 2 heteroatoms. The van der Waals surface area contributed by atoms with Gasteiger partial charge in [-0.1, -0.05) is 37.8 Å². The second kappa shape index (κ2) is 7.47. The zero-order valence-corrected chi connectivity index (χ0v) is 15.3. The van der Waals surface area contributed by atoms with Gasteiger partial charge in [0, 0.05) is 12.6 Å². The lowest BCUT2D eigenvalue weighted by Gasteiger charge is -2.49. The second-order valence-corrected chi connectivity index (χ2v) is 8.41. The Morgan fingerprint density at radius 3 is 2.46 bits per heavy atom. The normalized spacial score (nSPS) is 31.3. The zero-order valence-electron chi connectivity index (χ0n) is 15.3. The van der Waals surface area contributed by atoms with Crippen LogP contribution >= 0.6 is 0 Å². The van der Waals surface area contributed by atoms with E-state index in [2.05, 4.69) is 29.2 Å². The highest BCUT2D eigenvalue weighted by Crippen LogP contribution is 2.42. The minimum Gasteiger partial charge on any atom is -0.497 e. The Morgan fingerprint density at radius 1 is 0.958 bits per heavy atom. The fraction of sp³-hybridized carbons (Fsp3) is 0.727. The first-order valence-corrected chi connectivity index (χ1v) is 10.2. The molecular weight excluding hydrogens is 294 g/mol. The predicted octanol–water partition coefficient (Wildman–Crippen LogP) is 4.92. The summed E-state index contributed by atoms with van der Waals surface area (Å²) in [5.41, 5.74) is 1.49. The van der Waals surface area contributed by atoms with Gasteiger partial charge < -0.3 is 4.74 Å². The third kappa shape index (κ3) is 3.49. The number of benzene rings is 1. The molecular formula is C22H33NO. The van der Waals surface area contributed by atoms with Crippen molar-refractivity contribution in [2.24, 2.45) is 17.8 Å². The molecule has 0 spiro atoms. The molecule has 0 N–H and O–H groups in total. The first kappa shape index (κ1) is 16.4. The summed E-state index contributed by atoms with van der Waals surface area (Å²) in [5.74, 6) is 3.90. The van der Waals surface area contributed by atoms with E-state index in [9.17, 15) is 0 Å². The smallest absolute Gasteiger partial charge is 0.118 e. The molecule has 1 saturated heterocycles. The molecule has 2 saturated carbocycles. The monoisotopic (exact) mass is 327 g/mol. The molecule has 0 radical (unpaired) electrons. The highest BCUT2D eigenvalue weighted by Gasteiger charge is 2.39. The summed E-state index contributed by atoms with van der Waals surface area (Å²) in [5, 5.41) is 0. The van der Waals surface area contributed by atoms with Gasteiger partial charge in [0.15, 0.2) is 0 Å². The second-order valence-electron chi connectivity index (χ2n) is 8.41. The molecule has 1 aliphatic heterocycles. The summed E-state index contributed by atoms with van der Waals surface area (Å²) in [7, 11) is 1.75. The molecule has 3 fully saturated rings. The van der Waals surface area contributed by atoms with Crippen molar-refractivity contribution in [1.29, 1.82) is 0 Å². The largest absolute Gasteiger partial charge is 0.497 e. The number of hydrogen-bond acceptors (Lipinski definition) is 2. The van der Waals surface area contributed by atoms with E-state index in [4.69, 9.17) is 4.74 Å². The Bertz CT molecular complexity index is 521. The summed E-state index contributed by atoms with van der Waals surface area (Å²) < 4.78 is 5.33. The zero-order chi connectivity index (χ0) is 16.4. The van der Waals surface area contributed by atoms with Crippen LogP contribution in [0.1, 0.15) is 56.9 Å². The van der Waals surface area contributed by atoms with Crippen LogP contribution < -0.4 is 4.74 Å². The summed E-state index contributed by atoms with van der Waals surface area (Å²) >= 11 is 0. The fourth-order valence-corrected chi connectivity index (χ4v) is 5.39. The molecule has 1 heterocycles. The number of ether oxygens (including phenoxy) is 1. The number of hydrogen-bond donors (Lipinski definition) is 0. The van der Waals surface area contributed by atoms with E-state index in [1.807, 2.05) is 0 Å². The molecule has 3 atom stereocenters. The average Bonchev–Trinajstić information content (AvgIpc) is 2.60. The van der Waals surface area contributed by atoms with Crippen molar-refractivity contribution in [2.75, 3.05) is 20.2 Å². The van der Waals surface area contributed by atoms with Crippen molar-refractivity contribution in [3.05, 3.63) is 29.8 Å². The quantitative estimate of drug-likeness (QED) is 0.761. The van der Waals surface area contributed by atoms with Gasteiger partial charge in [0.25, 0.3) is 0 Å². The third-order valence-corrected chi connectivity index (χ3v) is 7.04. The summed E-state index contributed by atoms with van der Waals surface area (Å²) in [6.07, 6.45) is 13.0. The van der Waals surface area contributed by atoms with Gasteiger partial charge in [0.2, 0.25) is 0 Å². The molecule has 132 valence electrons. The summed E-state index contributed by atoms with van der Waals surface area (Å²) in [4.78, 5) is 2.89. The van der Waals surface area contributed by atoms with E-state index < -0.39 is 0 Å². The minimum absolute atomic E-state index is 0.776. The van der Waals surface area contributed by atoms with Crippen LogP contribution in [0, 0.1) is 17.8 Å². The number of methoxy groups -OCH3 is 1. The van der Waals surface area contributed by atoms with Crippen molar-refractivity contribution < 1.29 is 4.74 Å². The number of nitrogens with zero attached hydrogens (tertiary/aromatic N) is 1. The van der Waals surface area contributed by atoms with Gasteiger partial charge in [0.1, 0.15) is 5.75 Å². The lowest BCUT2D eigenvalue weighted by molar-refractivity contribution is 0.00643. The summed E-state index contributed by atoms with van der Waals surface area (Å²) in [6.45, 7) is 2.71. The molecule has 0 unspecified atom stereocenters. The van der Waals surface area contributed by atoms with Crippen molar-refractivity contribution >= 4 is 0 Å². The van der Waals surface area contributed by atoms with E-state index in [-0.39, 0.29) is 0 Å². The Morgan fingerprint density at radius 2 is 1.75 bits per heavy atom. The van der Waals surface area contributed by atoms with Crippen molar-refractivity contribution in [1.82, 2.24) is 4.90 Å². The van der Waals surface area contributed by atoms with Gasteiger partial charge >= 0.3 is 0 Å². The highest BCUT2D eigenvalue weighted by atomic mass is 16.5. The SMILES string of the molecule is COc1ccc(C[C@@H]2[C@H]3CCCC[C@H]3CCN2CC2CCC2)cc1. The van der Waals surface area contributed by atoms with Crippen LogP contribution in [0.2, 0.25) is 0 Å². The van der Waals surface area contributed by atoms with E-state index in [1.54, 1.807) is 7.11 Å². The van der Waals surface area contributed by atoms with Crippen LogP contribution in [0.4, 0.5) is 0 Å². The first-order chi connectivity index (χ1) is 11.8. The number of likely N-dealkylation sites (tertiary alicyclic amines) is 1. The molecule has 0 amide bonds. The molecule has 0 aromatic heterocycles. The van der Waals surface area contributed by atoms with Crippen molar-refractivity contribution in [3.8, 4) is 5.75 Å². The molecule has 24 heavy (non-hydrogen) atoms. The van der Waals surface area contributed by atoms with Crippen LogP contribution in [0.3, 0.4) is 0 Å². The van der Waals surface area contributed by atoms with Crippen LogP contribution in [0.15, 0.2) is 24.3 Å². The first-order valence-electron chi connectivity index (χ1n) is 10.2. The van der Waals surface area contributed by atoms with Crippen LogP contribution in [0.25, 0.3) is 0 Å². The summed E-state index contributed by atoms with van der Waals surface area (Å²) in [6, 6.07) is 9.61. The van der Waals surface area contributed by atoms with E-state index >= 15 is 0 Å². The minimum atomic E-state index is 0.776. The maximum atomic E-state index is 5.33. The number of piperidine rings is 1. The van der Waals surface area contributed by atoms with Gasteiger partial charge in [-0.2, -0.15) is 0 Å². The molecule has 1 aromatic rings. The van der Waals surface area contributed by atoms with Gasteiger partial charge in [-0.3, -0.25) is 4.90 Å². The third-order valence-electron chi connectivity index (χ3n) is 7.04. The highest BCUT2D eigenvalue weighted by molar-refractivity contribution is 5.28. The molecule has 0 bridgehead atoms. The maximum absolute atomic E-state index is 5.33. The average molecular weight is 328 g/mol. The molecule has 4 rings (SSSR count). The molecule has 1 aromatic carbocycles. The number of fused-ring (bicyclic) bond motifs is 1. The Balaban J connectivity index is 1.50. The standard InChI is InChI=1S/C22H33NO/c1-24-20-11-9-17(10-12-20)15-22-21-8-3-2-7-19(21)13-14-23(22)16-18-5-4-6-18/h9-12,18-19,21-22H,2-8,13-16H2,1H3/t19-,21-,22+/m0/s1. The van der Waals surface area contributed by atoms with Gasteiger partial charge in [-0.15, -0.1) is 0 Å². The fourth-order valence-electron chi connectivity index (χ4n) is 5.39. The van der Waals surface area contributed by atoms with Gasteiger partial charge in [-0.05, 0) is 74.1 Å². The predicted molar refractivity (Wildman–Crippen MR) is 99.5 cm³/mol. The number of rotatable bonds is 5. The molecule has 2 nitrogen and oxygen atoms in total.